The molecule has 1 aromatic rings. The Hall–Kier alpha value is -0.730. The van der Waals surface area contributed by atoms with Gasteiger partial charge in [0.2, 0.25) is 0 Å². The summed E-state index contributed by atoms with van der Waals surface area (Å²) in [6, 6.07) is 5.79. The van der Waals surface area contributed by atoms with E-state index in [1.807, 2.05) is 18.2 Å². The van der Waals surface area contributed by atoms with Crippen LogP contribution in [0.1, 0.15) is 38.3 Å². The Morgan fingerprint density at radius 2 is 2.12 bits per heavy atom. The summed E-state index contributed by atoms with van der Waals surface area (Å²) in [5, 5.41) is 0.626. The molecule has 1 aromatic carbocycles. The van der Waals surface area contributed by atoms with Gasteiger partial charge >= 0.3 is 0 Å². The molecule has 2 N–H and O–H groups in total. The molecule has 0 bridgehead atoms. The van der Waals surface area contributed by atoms with Gasteiger partial charge in [0.15, 0.2) is 0 Å². The highest BCUT2D eigenvalue weighted by Crippen LogP contribution is 2.30. The van der Waals surface area contributed by atoms with E-state index < -0.39 is 0 Å². The Bertz CT molecular complexity index is 341. The van der Waals surface area contributed by atoms with Crippen molar-refractivity contribution in [3.63, 3.8) is 0 Å². The lowest BCUT2D eigenvalue weighted by atomic mass is 9.92. The van der Waals surface area contributed by atoms with Gasteiger partial charge in [-0.05, 0) is 30.0 Å². The molecule has 2 atom stereocenters. The van der Waals surface area contributed by atoms with E-state index in [-0.39, 0.29) is 6.04 Å². The quantitative estimate of drug-likeness (QED) is 0.852. The summed E-state index contributed by atoms with van der Waals surface area (Å²) in [7, 11) is 1.62. The average Bonchev–Trinajstić information content (AvgIpc) is 2.29. The van der Waals surface area contributed by atoms with Crippen LogP contribution in [0.4, 0.5) is 0 Å². The Morgan fingerprint density at radius 3 is 2.69 bits per heavy atom. The van der Waals surface area contributed by atoms with Crippen LogP contribution in [-0.4, -0.2) is 7.11 Å². The molecule has 2 unspecified atom stereocenters. The Morgan fingerprint density at radius 1 is 1.44 bits per heavy atom. The number of nitrogens with two attached hydrogens (primary N) is 1. The van der Waals surface area contributed by atoms with E-state index in [0.29, 0.717) is 16.7 Å². The monoisotopic (exact) mass is 241 g/mol. The molecule has 0 aliphatic rings. The fraction of sp³-hybridized carbons (Fsp3) is 0.538. The lowest BCUT2D eigenvalue weighted by molar-refractivity contribution is 0.408. The van der Waals surface area contributed by atoms with Crippen LogP contribution < -0.4 is 10.5 Å². The first-order valence-corrected chi connectivity index (χ1v) is 6.07. The van der Waals surface area contributed by atoms with Crippen molar-refractivity contribution in [2.75, 3.05) is 7.11 Å². The van der Waals surface area contributed by atoms with Crippen molar-refractivity contribution in [3.05, 3.63) is 28.8 Å². The summed E-state index contributed by atoms with van der Waals surface area (Å²) in [6.07, 6.45) is 2.28. The molecule has 0 aliphatic heterocycles. The molecule has 0 saturated heterocycles. The Kier molecular flexibility index (Phi) is 5.10. The lowest BCUT2D eigenvalue weighted by Crippen LogP contribution is -2.19. The van der Waals surface area contributed by atoms with Gasteiger partial charge in [-0.2, -0.15) is 0 Å². The largest absolute Gasteiger partial charge is 0.495 e. The summed E-state index contributed by atoms with van der Waals surface area (Å²) in [4.78, 5) is 0. The maximum absolute atomic E-state index is 6.20. The average molecular weight is 242 g/mol. The topological polar surface area (TPSA) is 35.2 Å². The molecule has 0 aromatic heterocycles. The van der Waals surface area contributed by atoms with E-state index in [2.05, 4.69) is 13.8 Å². The van der Waals surface area contributed by atoms with Crippen LogP contribution in [-0.2, 0) is 0 Å². The third-order valence-electron chi connectivity index (χ3n) is 2.92. The van der Waals surface area contributed by atoms with Crippen molar-refractivity contribution in [2.45, 2.75) is 32.7 Å². The van der Waals surface area contributed by atoms with Crippen molar-refractivity contribution >= 4 is 11.6 Å². The maximum Gasteiger partial charge on any atom is 0.137 e. The van der Waals surface area contributed by atoms with E-state index in [1.165, 1.54) is 0 Å². The zero-order chi connectivity index (χ0) is 12.1. The second-order valence-electron chi connectivity index (χ2n) is 4.19. The van der Waals surface area contributed by atoms with E-state index in [1.54, 1.807) is 7.11 Å². The molecule has 1 rings (SSSR count). The summed E-state index contributed by atoms with van der Waals surface area (Å²) < 4.78 is 5.19. The first-order valence-electron chi connectivity index (χ1n) is 5.69. The maximum atomic E-state index is 6.20. The van der Waals surface area contributed by atoms with Gasteiger partial charge < -0.3 is 10.5 Å². The third-order valence-corrected chi connectivity index (χ3v) is 3.23. The van der Waals surface area contributed by atoms with Crippen LogP contribution in [0.25, 0.3) is 0 Å². The van der Waals surface area contributed by atoms with Gasteiger partial charge in [0, 0.05) is 6.04 Å². The molecule has 0 aliphatic carbocycles. The molecule has 0 amide bonds. The molecule has 0 radical (unpaired) electrons. The highest BCUT2D eigenvalue weighted by atomic mass is 35.5. The molecule has 90 valence electrons. The van der Waals surface area contributed by atoms with Gasteiger partial charge in [-0.15, -0.1) is 0 Å². The molecule has 0 spiro atoms. The summed E-state index contributed by atoms with van der Waals surface area (Å²) >= 11 is 5.98. The third kappa shape index (κ3) is 3.13. The van der Waals surface area contributed by atoms with Gasteiger partial charge in [0.25, 0.3) is 0 Å². The molecule has 3 heteroatoms. The number of hydrogen-bond acceptors (Lipinski definition) is 2. The summed E-state index contributed by atoms with van der Waals surface area (Å²) in [5.41, 5.74) is 7.28. The number of methoxy groups -OCH3 is 1. The van der Waals surface area contributed by atoms with Crippen molar-refractivity contribution in [1.29, 1.82) is 0 Å². The van der Waals surface area contributed by atoms with Crippen LogP contribution in [0.5, 0.6) is 5.75 Å². The van der Waals surface area contributed by atoms with Gasteiger partial charge in [-0.25, -0.2) is 0 Å². The normalized spacial score (nSPS) is 14.6. The summed E-state index contributed by atoms with van der Waals surface area (Å²) in [5.74, 6) is 1.16. The predicted molar refractivity (Wildman–Crippen MR) is 69.0 cm³/mol. The SMILES string of the molecule is CCCC(C)C(N)c1ccc(Cl)c(OC)c1. The van der Waals surface area contributed by atoms with Crippen LogP contribution >= 0.6 is 11.6 Å². The predicted octanol–water partition coefficient (Wildman–Crippen LogP) is 3.78. The minimum absolute atomic E-state index is 0.0473. The van der Waals surface area contributed by atoms with E-state index in [9.17, 15) is 0 Å². The van der Waals surface area contributed by atoms with Crippen molar-refractivity contribution in [3.8, 4) is 5.75 Å². The molecule has 0 fully saturated rings. The van der Waals surface area contributed by atoms with E-state index in [4.69, 9.17) is 22.1 Å². The fourth-order valence-electron chi connectivity index (χ4n) is 1.85. The number of ether oxygens (including phenoxy) is 1. The lowest BCUT2D eigenvalue weighted by Gasteiger charge is -2.20. The highest BCUT2D eigenvalue weighted by Gasteiger charge is 2.15. The highest BCUT2D eigenvalue weighted by molar-refractivity contribution is 6.32. The second-order valence-corrected chi connectivity index (χ2v) is 4.59. The first kappa shape index (κ1) is 13.3. The molecule has 2 nitrogen and oxygen atoms in total. The van der Waals surface area contributed by atoms with Gasteiger partial charge in [-0.1, -0.05) is 37.9 Å². The molecule has 16 heavy (non-hydrogen) atoms. The van der Waals surface area contributed by atoms with Crippen molar-refractivity contribution < 1.29 is 4.74 Å². The fourth-order valence-corrected chi connectivity index (χ4v) is 2.04. The van der Waals surface area contributed by atoms with Crippen LogP contribution in [0.15, 0.2) is 18.2 Å². The van der Waals surface area contributed by atoms with Gasteiger partial charge in [0.05, 0.1) is 12.1 Å². The molecular weight excluding hydrogens is 222 g/mol. The zero-order valence-electron chi connectivity index (χ0n) is 10.2. The second kappa shape index (κ2) is 6.12. The number of benzene rings is 1. The van der Waals surface area contributed by atoms with Crippen LogP contribution in [0.3, 0.4) is 0 Å². The van der Waals surface area contributed by atoms with Gasteiger partial charge in [0.1, 0.15) is 5.75 Å². The van der Waals surface area contributed by atoms with Crippen molar-refractivity contribution in [1.82, 2.24) is 0 Å². The minimum Gasteiger partial charge on any atom is -0.495 e. The van der Waals surface area contributed by atoms with E-state index in [0.717, 1.165) is 18.4 Å². The Labute approximate surface area is 103 Å². The van der Waals surface area contributed by atoms with Crippen LogP contribution in [0.2, 0.25) is 5.02 Å². The molecule has 0 heterocycles. The number of hydrogen-bond donors (Lipinski definition) is 1. The zero-order valence-corrected chi connectivity index (χ0v) is 10.9. The standard InChI is InChI=1S/C13H20ClNO/c1-4-5-9(2)13(15)10-6-7-11(14)12(8-10)16-3/h6-9,13H,4-5,15H2,1-3H3. The molecule has 0 saturated carbocycles. The minimum atomic E-state index is 0.0473. The van der Waals surface area contributed by atoms with Gasteiger partial charge in [-0.3, -0.25) is 0 Å². The smallest absolute Gasteiger partial charge is 0.137 e. The Balaban J connectivity index is 2.87. The number of halogens is 1. The summed E-state index contributed by atoms with van der Waals surface area (Å²) in [6.45, 7) is 4.35. The molecular formula is C13H20ClNO. The first-order chi connectivity index (χ1) is 7.60. The van der Waals surface area contributed by atoms with Crippen LogP contribution in [0, 0.1) is 5.92 Å². The van der Waals surface area contributed by atoms with E-state index >= 15 is 0 Å². The number of rotatable bonds is 5. The van der Waals surface area contributed by atoms with Crippen molar-refractivity contribution in [2.24, 2.45) is 11.7 Å².